The molecule has 4 nitrogen and oxygen atoms in total. The van der Waals surface area contributed by atoms with Crippen molar-refractivity contribution in [1.29, 1.82) is 5.26 Å². The molecule has 1 aliphatic heterocycles. The third-order valence-corrected chi connectivity index (χ3v) is 3.51. The van der Waals surface area contributed by atoms with Gasteiger partial charge in [0.15, 0.2) is 0 Å². The molecule has 0 amide bonds. The Kier molecular flexibility index (Phi) is 2.26. The maximum atomic E-state index is 10.5. The Morgan fingerprint density at radius 1 is 1.50 bits per heavy atom. The summed E-state index contributed by atoms with van der Waals surface area (Å²) < 4.78 is 10.5. The highest BCUT2D eigenvalue weighted by molar-refractivity contribution is 5.23. The van der Waals surface area contributed by atoms with Crippen molar-refractivity contribution in [2.45, 2.75) is 31.0 Å². The van der Waals surface area contributed by atoms with Crippen molar-refractivity contribution < 1.29 is 14.6 Å². The highest BCUT2D eigenvalue weighted by Crippen LogP contribution is 2.57. The molecule has 1 saturated carbocycles. The standard InChI is InChI=1S/C10H15NO3/c1-13-8-6-14-5-4-10(8,12)9(7-11)2-3-9/h8,12H,2-6H2,1H3. The van der Waals surface area contributed by atoms with Crippen molar-refractivity contribution in [3.05, 3.63) is 0 Å². The van der Waals surface area contributed by atoms with E-state index in [-0.39, 0.29) is 6.10 Å². The number of aliphatic hydroxyl groups is 1. The first kappa shape index (κ1) is 9.91. The average Bonchev–Trinajstić information content (AvgIpc) is 2.99. The van der Waals surface area contributed by atoms with E-state index in [9.17, 15) is 5.11 Å². The summed E-state index contributed by atoms with van der Waals surface area (Å²) in [6.07, 6.45) is 1.69. The third-order valence-electron chi connectivity index (χ3n) is 3.51. The minimum atomic E-state index is -1.01. The molecular formula is C10H15NO3. The maximum Gasteiger partial charge on any atom is 0.114 e. The number of methoxy groups -OCH3 is 1. The molecule has 1 saturated heterocycles. The summed E-state index contributed by atoms with van der Waals surface area (Å²) in [5, 5.41) is 19.6. The van der Waals surface area contributed by atoms with Crippen LogP contribution in [-0.2, 0) is 9.47 Å². The molecule has 0 radical (unpaired) electrons. The summed E-state index contributed by atoms with van der Waals surface area (Å²) >= 11 is 0. The molecule has 78 valence electrons. The Hall–Kier alpha value is -0.630. The first-order valence-electron chi connectivity index (χ1n) is 4.93. The zero-order valence-corrected chi connectivity index (χ0v) is 8.32. The number of rotatable bonds is 2. The lowest BCUT2D eigenvalue weighted by Crippen LogP contribution is -2.56. The monoisotopic (exact) mass is 197 g/mol. The zero-order chi connectivity index (χ0) is 10.2. The fourth-order valence-electron chi connectivity index (χ4n) is 2.29. The number of ether oxygens (including phenoxy) is 2. The molecular weight excluding hydrogens is 182 g/mol. The fraction of sp³-hybridized carbons (Fsp3) is 0.900. The number of nitriles is 1. The molecule has 1 aliphatic carbocycles. The molecule has 2 atom stereocenters. The van der Waals surface area contributed by atoms with Crippen LogP contribution in [0.3, 0.4) is 0 Å². The molecule has 2 fully saturated rings. The number of nitrogens with zero attached hydrogens (tertiary/aromatic N) is 1. The van der Waals surface area contributed by atoms with Gasteiger partial charge in [-0.2, -0.15) is 5.26 Å². The summed E-state index contributed by atoms with van der Waals surface area (Å²) in [6.45, 7) is 0.899. The fourth-order valence-corrected chi connectivity index (χ4v) is 2.29. The molecule has 2 rings (SSSR count). The van der Waals surface area contributed by atoms with Crippen LogP contribution in [0.2, 0.25) is 0 Å². The smallest absolute Gasteiger partial charge is 0.114 e. The predicted molar refractivity (Wildman–Crippen MR) is 48.5 cm³/mol. The quantitative estimate of drug-likeness (QED) is 0.698. The molecule has 4 heteroatoms. The minimum Gasteiger partial charge on any atom is -0.385 e. The van der Waals surface area contributed by atoms with Gasteiger partial charge in [0.25, 0.3) is 0 Å². The Balaban J connectivity index is 2.23. The van der Waals surface area contributed by atoms with E-state index in [1.807, 2.05) is 0 Å². The summed E-state index contributed by atoms with van der Waals surface area (Å²) in [7, 11) is 1.55. The lowest BCUT2D eigenvalue weighted by atomic mass is 9.77. The van der Waals surface area contributed by atoms with E-state index in [2.05, 4.69) is 6.07 Å². The van der Waals surface area contributed by atoms with Gasteiger partial charge < -0.3 is 14.6 Å². The van der Waals surface area contributed by atoms with E-state index in [4.69, 9.17) is 14.7 Å². The maximum absolute atomic E-state index is 10.5. The summed E-state index contributed by atoms with van der Waals surface area (Å²) in [4.78, 5) is 0. The molecule has 0 aromatic carbocycles. The van der Waals surface area contributed by atoms with Crippen LogP contribution in [0.1, 0.15) is 19.3 Å². The normalized spacial score (nSPS) is 40.2. The van der Waals surface area contributed by atoms with Crippen molar-refractivity contribution in [3.63, 3.8) is 0 Å². The Labute approximate surface area is 83.4 Å². The van der Waals surface area contributed by atoms with E-state index in [0.29, 0.717) is 19.6 Å². The van der Waals surface area contributed by atoms with Crippen LogP contribution >= 0.6 is 0 Å². The van der Waals surface area contributed by atoms with Crippen LogP contribution in [0, 0.1) is 16.7 Å². The van der Waals surface area contributed by atoms with E-state index in [0.717, 1.165) is 12.8 Å². The molecule has 0 bridgehead atoms. The number of hydrogen-bond donors (Lipinski definition) is 1. The molecule has 1 N–H and O–H groups in total. The molecule has 0 spiro atoms. The molecule has 0 aromatic heterocycles. The van der Waals surface area contributed by atoms with Gasteiger partial charge in [-0.25, -0.2) is 0 Å². The molecule has 1 heterocycles. The summed E-state index contributed by atoms with van der Waals surface area (Å²) in [5.74, 6) is 0. The average molecular weight is 197 g/mol. The van der Waals surface area contributed by atoms with Crippen LogP contribution in [-0.4, -0.2) is 37.1 Å². The van der Waals surface area contributed by atoms with E-state index >= 15 is 0 Å². The van der Waals surface area contributed by atoms with Gasteiger partial charge in [0.1, 0.15) is 11.7 Å². The predicted octanol–water partition coefficient (Wildman–Crippen LogP) is 0.457. The van der Waals surface area contributed by atoms with Gasteiger partial charge in [0, 0.05) is 20.1 Å². The van der Waals surface area contributed by atoms with Crippen LogP contribution < -0.4 is 0 Å². The van der Waals surface area contributed by atoms with Crippen LogP contribution in [0.15, 0.2) is 0 Å². The Bertz CT molecular complexity index is 269. The molecule has 0 aromatic rings. The van der Waals surface area contributed by atoms with E-state index in [1.54, 1.807) is 7.11 Å². The molecule has 2 aliphatic rings. The van der Waals surface area contributed by atoms with Gasteiger partial charge in [0.2, 0.25) is 0 Å². The third kappa shape index (κ3) is 1.17. The van der Waals surface area contributed by atoms with Crippen LogP contribution in [0.4, 0.5) is 0 Å². The largest absolute Gasteiger partial charge is 0.385 e. The van der Waals surface area contributed by atoms with E-state index < -0.39 is 11.0 Å². The minimum absolute atomic E-state index is 0.363. The molecule has 14 heavy (non-hydrogen) atoms. The lowest BCUT2D eigenvalue weighted by molar-refractivity contribution is -0.187. The number of hydrogen-bond acceptors (Lipinski definition) is 4. The van der Waals surface area contributed by atoms with Crippen molar-refractivity contribution in [2.24, 2.45) is 5.41 Å². The molecule has 2 unspecified atom stereocenters. The second-order valence-corrected chi connectivity index (χ2v) is 4.17. The van der Waals surface area contributed by atoms with Gasteiger partial charge in [-0.3, -0.25) is 0 Å². The van der Waals surface area contributed by atoms with E-state index in [1.165, 1.54) is 0 Å². The van der Waals surface area contributed by atoms with Crippen LogP contribution in [0.5, 0.6) is 0 Å². The van der Waals surface area contributed by atoms with Gasteiger partial charge in [-0.1, -0.05) is 0 Å². The van der Waals surface area contributed by atoms with Gasteiger partial charge in [-0.15, -0.1) is 0 Å². The first-order chi connectivity index (χ1) is 6.68. The Morgan fingerprint density at radius 2 is 2.21 bits per heavy atom. The lowest BCUT2D eigenvalue weighted by Gasteiger charge is -2.42. The van der Waals surface area contributed by atoms with Crippen molar-refractivity contribution in [1.82, 2.24) is 0 Å². The Morgan fingerprint density at radius 3 is 2.71 bits per heavy atom. The van der Waals surface area contributed by atoms with Gasteiger partial charge in [-0.05, 0) is 12.8 Å². The van der Waals surface area contributed by atoms with Crippen molar-refractivity contribution >= 4 is 0 Å². The summed E-state index contributed by atoms with van der Waals surface area (Å²) in [5.41, 5.74) is -1.58. The SMILES string of the molecule is COC1COCCC1(O)C1(C#N)CC1. The van der Waals surface area contributed by atoms with Crippen LogP contribution in [0.25, 0.3) is 0 Å². The highest BCUT2D eigenvalue weighted by Gasteiger charge is 2.63. The topological polar surface area (TPSA) is 62.5 Å². The summed E-state index contributed by atoms with van der Waals surface area (Å²) in [6, 6.07) is 2.24. The van der Waals surface area contributed by atoms with Crippen molar-refractivity contribution in [2.75, 3.05) is 20.3 Å². The van der Waals surface area contributed by atoms with Gasteiger partial charge in [0.05, 0.1) is 18.1 Å². The second-order valence-electron chi connectivity index (χ2n) is 4.17. The highest BCUT2D eigenvalue weighted by atomic mass is 16.5. The first-order valence-corrected chi connectivity index (χ1v) is 4.93. The second kappa shape index (κ2) is 3.20. The zero-order valence-electron chi connectivity index (χ0n) is 8.32. The van der Waals surface area contributed by atoms with Crippen molar-refractivity contribution in [3.8, 4) is 6.07 Å². The van der Waals surface area contributed by atoms with Gasteiger partial charge >= 0.3 is 0 Å².